The van der Waals surface area contributed by atoms with Gasteiger partial charge in [0.2, 0.25) is 0 Å². The van der Waals surface area contributed by atoms with Crippen LogP contribution in [0.4, 0.5) is 0 Å². The van der Waals surface area contributed by atoms with Crippen LogP contribution in [0.3, 0.4) is 0 Å². The molecule has 1 aromatic heterocycles. The van der Waals surface area contributed by atoms with Crippen LogP contribution < -0.4 is 5.32 Å². The van der Waals surface area contributed by atoms with Crippen molar-refractivity contribution in [3.05, 3.63) is 40.7 Å². The van der Waals surface area contributed by atoms with E-state index in [1.165, 1.54) is 11.3 Å². The topological polar surface area (TPSA) is 42.0 Å². The van der Waals surface area contributed by atoms with E-state index < -0.39 is 0 Å². The summed E-state index contributed by atoms with van der Waals surface area (Å²) in [6.45, 7) is 2.54. The number of aromatic nitrogens is 1. The van der Waals surface area contributed by atoms with Crippen LogP contribution in [0, 0.1) is 0 Å². The smallest absolute Gasteiger partial charge is 0.251 e. The van der Waals surface area contributed by atoms with Crippen LogP contribution in [0.5, 0.6) is 0 Å². The van der Waals surface area contributed by atoms with Crippen molar-refractivity contribution >= 4 is 17.2 Å². The lowest BCUT2D eigenvalue weighted by molar-refractivity contribution is 0.0956. The van der Waals surface area contributed by atoms with Gasteiger partial charge < -0.3 is 5.32 Å². The zero-order valence-corrected chi connectivity index (χ0v) is 9.75. The van der Waals surface area contributed by atoms with Crippen LogP contribution in [-0.4, -0.2) is 17.4 Å². The van der Waals surface area contributed by atoms with Crippen LogP contribution in [0.1, 0.15) is 17.3 Å². The molecule has 0 fully saturated rings. The molecule has 0 atom stereocenters. The lowest BCUT2D eigenvalue weighted by Gasteiger charge is -2.06. The van der Waals surface area contributed by atoms with Gasteiger partial charge in [-0.05, 0) is 13.0 Å². The van der Waals surface area contributed by atoms with Gasteiger partial charge in [-0.1, -0.05) is 18.2 Å². The Morgan fingerprint density at radius 3 is 2.94 bits per heavy atom. The highest BCUT2D eigenvalue weighted by atomic mass is 32.1. The average molecular weight is 232 g/mol. The van der Waals surface area contributed by atoms with Crippen molar-refractivity contribution in [2.45, 2.75) is 6.92 Å². The van der Waals surface area contributed by atoms with Gasteiger partial charge in [0.05, 0.1) is 11.2 Å². The van der Waals surface area contributed by atoms with Gasteiger partial charge >= 0.3 is 0 Å². The van der Waals surface area contributed by atoms with Gasteiger partial charge in [0, 0.05) is 23.1 Å². The number of nitrogens with zero attached hydrogens (tertiary/aromatic N) is 1. The Kier molecular flexibility index (Phi) is 3.31. The summed E-state index contributed by atoms with van der Waals surface area (Å²) in [5.74, 6) is -0.0499. The lowest BCUT2D eigenvalue weighted by atomic mass is 10.0. The number of hydrogen-bond donors (Lipinski definition) is 1. The molecule has 2 rings (SSSR count). The molecule has 4 heteroatoms. The summed E-state index contributed by atoms with van der Waals surface area (Å²) >= 11 is 1.53. The third-order valence-electron chi connectivity index (χ3n) is 2.22. The summed E-state index contributed by atoms with van der Waals surface area (Å²) in [7, 11) is 0. The molecule has 0 saturated heterocycles. The molecule has 16 heavy (non-hydrogen) atoms. The van der Waals surface area contributed by atoms with Crippen LogP contribution in [0.2, 0.25) is 0 Å². The molecule has 1 N–H and O–H groups in total. The van der Waals surface area contributed by atoms with Gasteiger partial charge in [-0.2, -0.15) is 0 Å². The van der Waals surface area contributed by atoms with Gasteiger partial charge in [0.1, 0.15) is 0 Å². The van der Waals surface area contributed by atoms with E-state index >= 15 is 0 Å². The Morgan fingerprint density at radius 2 is 2.25 bits per heavy atom. The number of carbonyl (C=O) groups excluding carboxylic acids is 1. The number of amides is 1. The highest BCUT2D eigenvalue weighted by Crippen LogP contribution is 2.23. The Labute approximate surface area is 98.2 Å². The minimum Gasteiger partial charge on any atom is -0.352 e. The summed E-state index contributed by atoms with van der Waals surface area (Å²) < 4.78 is 0. The lowest BCUT2D eigenvalue weighted by Crippen LogP contribution is -2.23. The molecule has 0 spiro atoms. The summed E-state index contributed by atoms with van der Waals surface area (Å²) in [6, 6.07) is 7.51. The molecule has 0 unspecified atom stereocenters. The Morgan fingerprint density at radius 1 is 1.44 bits per heavy atom. The highest BCUT2D eigenvalue weighted by Gasteiger charge is 2.12. The average Bonchev–Trinajstić information content (AvgIpc) is 2.83. The molecular weight excluding hydrogens is 220 g/mol. The molecule has 2 aromatic rings. The molecule has 0 aliphatic heterocycles. The maximum Gasteiger partial charge on any atom is 0.251 e. The quantitative estimate of drug-likeness (QED) is 0.883. The molecule has 82 valence electrons. The van der Waals surface area contributed by atoms with Crippen molar-refractivity contribution in [1.82, 2.24) is 10.3 Å². The first-order chi connectivity index (χ1) is 7.83. The predicted octanol–water partition coefficient (Wildman–Crippen LogP) is 2.56. The maximum absolute atomic E-state index is 11.8. The fourth-order valence-corrected chi connectivity index (χ4v) is 2.06. The predicted molar refractivity (Wildman–Crippen MR) is 65.6 cm³/mol. The molecule has 1 heterocycles. The van der Waals surface area contributed by atoms with E-state index in [4.69, 9.17) is 0 Å². The van der Waals surface area contributed by atoms with E-state index in [1.54, 1.807) is 5.51 Å². The second-order valence-electron chi connectivity index (χ2n) is 3.28. The van der Waals surface area contributed by atoms with Crippen molar-refractivity contribution < 1.29 is 4.79 Å². The van der Waals surface area contributed by atoms with Crippen LogP contribution in [0.15, 0.2) is 35.2 Å². The number of benzene rings is 1. The first-order valence-electron chi connectivity index (χ1n) is 5.08. The van der Waals surface area contributed by atoms with Crippen molar-refractivity contribution in [2.75, 3.05) is 6.54 Å². The fourth-order valence-electron chi connectivity index (χ4n) is 1.51. The number of hydrogen-bond acceptors (Lipinski definition) is 3. The largest absolute Gasteiger partial charge is 0.352 e. The number of carbonyl (C=O) groups is 1. The first-order valence-corrected chi connectivity index (χ1v) is 6.03. The normalized spacial score (nSPS) is 10.1. The monoisotopic (exact) mass is 232 g/mol. The Hall–Kier alpha value is -1.68. The second kappa shape index (κ2) is 4.90. The van der Waals surface area contributed by atoms with E-state index in [0.717, 1.165) is 11.3 Å². The van der Waals surface area contributed by atoms with E-state index in [0.29, 0.717) is 12.1 Å². The SMILES string of the molecule is CCNC(=O)c1ccccc1-c1cscn1. The van der Waals surface area contributed by atoms with Crippen LogP contribution in [-0.2, 0) is 0 Å². The third-order valence-corrected chi connectivity index (χ3v) is 2.80. The minimum absolute atomic E-state index is 0.0499. The Bertz CT molecular complexity index is 480. The van der Waals surface area contributed by atoms with Crippen molar-refractivity contribution in [1.29, 1.82) is 0 Å². The molecular formula is C12H12N2OS. The minimum atomic E-state index is -0.0499. The van der Waals surface area contributed by atoms with E-state index in [2.05, 4.69) is 10.3 Å². The fraction of sp³-hybridized carbons (Fsp3) is 0.167. The van der Waals surface area contributed by atoms with Gasteiger partial charge in [0.15, 0.2) is 0 Å². The molecule has 0 saturated carbocycles. The molecule has 0 aliphatic rings. The van der Waals surface area contributed by atoms with Crippen molar-refractivity contribution in [2.24, 2.45) is 0 Å². The van der Waals surface area contributed by atoms with Crippen LogP contribution >= 0.6 is 11.3 Å². The van der Waals surface area contributed by atoms with Crippen molar-refractivity contribution in [3.8, 4) is 11.3 Å². The first kappa shape index (κ1) is 10.8. The molecule has 3 nitrogen and oxygen atoms in total. The van der Waals surface area contributed by atoms with Gasteiger partial charge in [-0.3, -0.25) is 4.79 Å². The van der Waals surface area contributed by atoms with E-state index in [-0.39, 0.29) is 5.91 Å². The number of rotatable bonds is 3. The summed E-state index contributed by atoms with van der Waals surface area (Å²) in [6.07, 6.45) is 0. The Balaban J connectivity index is 2.42. The van der Waals surface area contributed by atoms with Gasteiger partial charge in [0.25, 0.3) is 5.91 Å². The van der Waals surface area contributed by atoms with E-state index in [1.807, 2.05) is 36.6 Å². The van der Waals surface area contributed by atoms with Crippen LogP contribution in [0.25, 0.3) is 11.3 Å². The number of thiazole rings is 1. The van der Waals surface area contributed by atoms with Gasteiger partial charge in [-0.25, -0.2) is 4.98 Å². The maximum atomic E-state index is 11.8. The molecule has 0 radical (unpaired) electrons. The zero-order chi connectivity index (χ0) is 11.4. The molecule has 0 bridgehead atoms. The van der Waals surface area contributed by atoms with Gasteiger partial charge in [-0.15, -0.1) is 11.3 Å². The summed E-state index contributed by atoms with van der Waals surface area (Å²) in [4.78, 5) is 16.1. The van der Waals surface area contributed by atoms with Crippen molar-refractivity contribution in [3.63, 3.8) is 0 Å². The number of nitrogens with one attached hydrogen (secondary N) is 1. The molecule has 1 amide bonds. The molecule has 1 aromatic carbocycles. The zero-order valence-electron chi connectivity index (χ0n) is 8.93. The summed E-state index contributed by atoms with van der Waals surface area (Å²) in [5.41, 5.74) is 4.18. The third kappa shape index (κ3) is 2.12. The standard InChI is InChI=1S/C12H12N2OS/c1-2-13-12(15)10-6-4-3-5-9(10)11-7-16-8-14-11/h3-8H,2H2,1H3,(H,13,15). The summed E-state index contributed by atoms with van der Waals surface area (Å²) in [5, 5.41) is 4.74. The molecule has 0 aliphatic carbocycles. The second-order valence-corrected chi connectivity index (χ2v) is 4.00. The van der Waals surface area contributed by atoms with E-state index in [9.17, 15) is 4.79 Å². The highest BCUT2D eigenvalue weighted by molar-refractivity contribution is 7.07.